The van der Waals surface area contributed by atoms with Crippen LogP contribution in [0.5, 0.6) is 0 Å². The first-order valence-electron chi connectivity index (χ1n) is 7.69. The minimum absolute atomic E-state index is 0.0228. The summed E-state index contributed by atoms with van der Waals surface area (Å²) in [5, 5.41) is 4.38. The quantitative estimate of drug-likeness (QED) is 0.927. The van der Waals surface area contributed by atoms with Crippen LogP contribution in [-0.4, -0.2) is 18.5 Å². The fraction of sp³-hybridized carbons (Fsp3) is 0.444. The zero-order valence-electron chi connectivity index (χ0n) is 12.9. The summed E-state index contributed by atoms with van der Waals surface area (Å²) in [6, 6.07) is 11.1. The van der Waals surface area contributed by atoms with E-state index in [0.717, 1.165) is 13.0 Å². The van der Waals surface area contributed by atoms with Gasteiger partial charge in [0.05, 0.1) is 5.54 Å². The van der Waals surface area contributed by atoms with E-state index in [4.69, 9.17) is 5.73 Å². The number of nitrogens with two attached hydrogens (primary N) is 1. The van der Waals surface area contributed by atoms with Gasteiger partial charge in [0.25, 0.3) is 0 Å². The van der Waals surface area contributed by atoms with Crippen LogP contribution in [0.15, 0.2) is 41.1 Å². The van der Waals surface area contributed by atoms with Gasteiger partial charge in [-0.3, -0.25) is 4.90 Å². The molecule has 0 saturated heterocycles. The lowest BCUT2D eigenvalue weighted by Crippen LogP contribution is -2.51. The van der Waals surface area contributed by atoms with Gasteiger partial charge in [0, 0.05) is 13.1 Å². The smallest absolute Gasteiger partial charge is 0.0587 e. The molecular weight excluding hydrogens is 276 g/mol. The van der Waals surface area contributed by atoms with Crippen LogP contribution in [0.1, 0.15) is 42.4 Å². The molecule has 0 saturated carbocycles. The van der Waals surface area contributed by atoms with E-state index < -0.39 is 0 Å². The topological polar surface area (TPSA) is 29.3 Å². The van der Waals surface area contributed by atoms with Crippen molar-refractivity contribution in [3.05, 3.63) is 57.8 Å². The van der Waals surface area contributed by atoms with E-state index in [1.165, 1.54) is 23.1 Å². The zero-order chi connectivity index (χ0) is 14.9. The molecule has 0 fully saturated rings. The van der Waals surface area contributed by atoms with Gasteiger partial charge in [-0.2, -0.15) is 11.3 Å². The van der Waals surface area contributed by atoms with Crippen molar-refractivity contribution in [2.75, 3.05) is 13.6 Å². The Balaban J connectivity index is 1.98. The maximum Gasteiger partial charge on any atom is 0.0587 e. The summed E-state index contributed by atoms with van der Waals surface area (Å²) in [4.78, 5) is 2.46. The molecule has 1 aliphatic rings. The van der Waals surface area contributed by atoms with Crippen molar-refractivity contribution in [2.45, 2.75) is 37.8 Å². The van der Waals surface area contributed by atoms with Crippen LogP contribution in [-0.2, 0) is 12.1 Å². The molecule has 21 heavy (non-hydrogen) atoms. The summed E-state index contributed by atoms with van der Waals surface area (Å²) in [5.41, 5.74) is 10.6. The van der Waals surface area contributed by atoms with Crippen LogP contribution in [0.2, 0.25) is 0 Å². The Morgan fingerprint density at radius 1 is 1.33 bits per heavy atom. The minimum Gasteiger partial charge on any atom is -0.328 e. The molecule has 1 heterocycles. The zero-order valence-corrected chi connectivity index (χ0v) is 13.7. The molecule has 1 aromatic carbocycles. The van der Waals surface area contributed by atoms with E-state index in [9.17, 15) is 0 Å². The summed E-state index contributed by atoms with van der Waals surface area (Å²) in [6.07, 6.45) is 2.35. The van der Waals surface area contributed by atoms with Crippen molar-refractivity contribution in [1.82, 2.24) is 4.90 Å². The van der Waals surface area contributed by atoms with E-state index in [0.29, 0.717) is 12.5 Å². The molecule has 112 valence electrons. The molecule has 0 radical (unpaired) electrons. The second-order valence-electron chi connectivity index (χ2n) is 6.25. The van der Waals surface area contributed by atoms with Crippen molar-refractivity contribution < 1.29 is 0 Å². The second-order valence-corrected chi connectivity index (χ2v) is 7.03. The summed E-state index contributed by atoms with van der Waals surface area (Å²) in [6.45, 7) is 3.97. The molecule has 3 heteroatoms. The molecule has 0 aliphatic heterocycles. The first-order valence-corrected chi connectivity index (χ1v) is 8.63. The van der Waals surface area contributed by atoms with Gasteiger partial charge >= 0.3 is 0 Å². The lowest BCUT2D eigenvalue weighted by atomic mass is 9.71. The maximum absolute atomic E-state index is 6.29. The molecule has 2 atom stereocenters. The van der Waals surface area contributed by atoms with Gasteiger partial charge in [-0.15, -0.1) is 0 Å². The highest BCUT2D eigenvalue weighted by Gasteiger charge is 2.40. The van der Waals surface area contributed by atoms with Crippen LogP contribution in [0.4, 0.5) is 0 Å². The van der Waals surface area contributed by atoms with Gasteiger partial charge in [0.2, 0.25) is 0 Å². The Hall–Kier alpha value is -1.16. The molecule has 2 nitrogen and oxygen atoms in total. The van der Waals surface area contributed by atoms with E-state index in [2.05, 4.69) is 60.0 Å². The minimum atomic E-state index is -0.0228. The van der Waals surface area contributed by atoms with Crippen LogP contribution in [0.25, 0.3) is 0 Å². The molecule has 0 amide bonds. The molecule has 2 unspecified atom stereocenters. The number of thiophene rings is 1. The third-order valence-corrected chi connectivity index (χ3v) is 5.78. The van der Waals surface area contributed by atoms with Gasteiger partial charge in [-0.1, -0.05) is 31.2 Å². The molecule has 0 spiro atoms. The summed E-state index contributed by atoms with van der Waals surface area (Å²) < 4.78 is 0. The number of likely N-dealkylation sites (N-methyl/N-ethyl adjacent to an activating group) is 1. The molecular formula is C18H24N2S. The molecule has 2 aromatic rings. The normalized spacial score (nSPS) is 25.0. The Labute approximate surface area is 131 Å². The maximum atomic E-state index is 6.29. The highest BCUT2D eigenvalue weighted by atomic mass is 32.1. The lowest BCUT2D eigenvalue weighted by molar-refractivity contribution is 0.0921. The highest BCUT2D eigenvalue weighted by Crippen LogP contribution is 2.44. The monoisotopic (exact) mass is 300 g/mol. The Morgan fingerprint density at radius 3 is 2.86 bits per heavy atom. The Morgan fingerprint density at radius 2 is 2.14 bits per heavy atom. The van der Waals surface area contributed by atoms with Gasteiger partial charge in [0.1, 0.15) is 0 Å². The van der Waals surface area contributed by atoms with E-state index in [-0.39, 0.29) is 5.54 Å². The van der Waals surface area contributed by atoms with Crippen LogP contribution in [0.3, 0.4) is 0 Å². The summed E-state index contributed by atoms with van der Waals surface area (Å²) in [5.74, 6) is 0.635. The fourth-order valence-electron chi connectivity index (χ4n) is 3.67. The molecule has 3 rings (SSSR count). The Kier molecular flexibility index (Phi) is 4.16. The SMILES string of the molecule is CC1CCC(CN)(N(C)Cc2ccsc2)c2ccccc21. The average molecular weight is 300 g/mol. The van der Waals surface area contributed by atoms with Crippen LogP contribution in [0, 0.1) is 0 Å². The summed E-state index contributed by atoms with van der Waals surface area (Å²) >= 11 is 1.76. The van der Waals surface area contributed by atoms with Gasteiger partial charge in [-0.25, -0.2) is 0 Å². The number of rotatable bonds is 4. The van der Waals surface area contributed by atoms with Crippen molar-refractivity contribution in [2.24, 2.45) is 5.73 Å². The molecule has 1 aromatic heterocycles. The lowest BCUT2D eigenvalue weighted by Gasteiger charge is -2.47. The number of hydrogen-bond acceptors (Lipinski definition) is 3. The van der Waals surface area contributed by atoms with Crippen molar-refractivity contribution in [3.8, 4) is 0 Å². The standard InChI is InChI=1S/C18H24N2S/c1-14-7-9-18(13-19,17-6-4-3-5-16(14)17)20(2)11-15-8-10-21-12-15/h3-6,8,10,12,14H,7,9,11,13,19H2,1-2H3. The summed E-state index contributed by atoms with van der Waals surface area (Å²) in [7, 11) is 2.22. The van der Waals surface area contributed by atoms with Crippen LogP contribution < -0.4 is 5.73 Å². The van der Waals surface area contributed by atoms with Gasteiger partial charge in [0.15, 0.2) is 0 Å². The van der Waals surface area contributed by atoms with Gasteiger partial charge in [-0.05, 0) is 59.3 Å². The fourth-order valence-corrected chi connectivity index (χ4v) is 4.33. The first-order chi connectivity index (χ1) is 10.2. The first kappa shape index (κ1) is 14.8. The third kappa shape index (κ3) is 2.54. The van der Waals surface area contributed by atoms with E-state index in [1.54, 1.807) is 11.3 Å². The number of fused-ring (bicyclic) bond motifs is 1. The number of hydrogen-bond donors (Lipinski definition) is 1. The number of nitrogens with zero attached hydrogens (tertiary/aromatic N) is 1. The predicted molar refractivity (Wildman–Crippen MR) is 90.6 cm³/mol. The largest absolute Gasteiger partial charge is 0.328 e. The van der Waals surface area contributed by atoms with E-state index >= 15 is 0 Å². The van der Waals surface area contributed by atoms with Crippen LogP contribution >= 0.6 is 11.3 Å². The predicted octanol–water partition coefficient (Wildman–Crippen LogP) is 3.93. The second kappa shape index (κ2) is 5.91. The number of benzene rings is 1. The van der Waals surface area contributed by atoms with E-state index in [1.807, 2.05) is 0 Å². The van der Waals surface area contributed by atoms with Crippen molar-refractivity contribution in [3.63, 3.8) is 0 Å². The molecule has 0 bridgehead atoms. The molecule has 1 aliphatic carbocycles. The van der Waals surface area contributed by atoms with Crippen molar-refractivity contribution in [1.29, 1.82) is 0 Å². The highest BCUT2D eigenvalue weighted by molar-refractivity contribution is 7.07. The Bertz CT molecular complexity index is 593. The van der Waals surface area contributed by atoms with Crippen molar-refractivity contribution >= 4 is 11.3 Å². The average Bonchev–Trinajstić information content (AvgIpc) is 3.01. The molecule has 2 N–H and O–H groups in total. The van der Waals surface area contributed by atoms with Gasteiger partial charge < -0.3 is 5.73 Å². The third-order valence-electron chi connectivity index (χ3n) is 5.05.